The first kappa shape index (κ1) is 13.0. The van der Waals surface area contributed by atoms with E-state index in [0.717, 1.165) is 19.0 Å². The van der Waals surface area contributed by atoms with Crippen molar-refractivity contribution in [2.45, 2.75) is 39.7 Å². The second-order valence-corrected chi connectivity index (χ2v) is 3.60. The van der Waals surface area contributed by atoms with Gasteiger partial charge in [0, 0.05) is 25.0 Å². The first-order valence-electron chi connectivity index (χ1n) is 5.21. The van der Waals surface area contributed by atoms with Gasteiger partial charge in [0.1, 0.15) is 0 Å². The van der Waals surface area contributed by atoms with Gasteiger partial charge in [0.25, 0.3) is 0 Å². The Labute approximate surface area is 87.8 Å². The molecule has 0 amide bonds. The zero-order valence-electron chi connectivity index (χ0n) is 9.09. The van der Waals surface area contributed by atoms with Crippen LogP contribution in [0.25, 0.3) is 0 Å². The number of allylic oxidation sites excluding steroid dienone is 1. The average molecular weight is 204 g/mol. The summed E-state index contributed by atoms with van der Waals surface area (Å²) in [6, 6.07) is 0.690. The zero-order chi connectivity index (χ0) is 10.1. The summed E-state index contributed by atoms with van der Waals surface area (Å²) in [6.45, 7) is 8.58. The van der Waals surface area contributed by atoms with Crippen molar-refractivity contribution in [3.8, 4) is 0 Å². The van der Waals surface area contributed by atoms with Crippen LogP contribution in [0, 0.1) is 0 Å². The summed E-state index contributed by atoms with van der Waals surface area (Å²) < 4.78 is 0. The first-order valence-corrected chi connectivity index (χ1v) is 5.74. The Kier molecular flexibility index (Phi) is 8.58. The Morgan fingerprint density at radius 1 is 1.31 bits per heavy atom. The van der Waals surface area contributed by atoms with E-state index in [2.05, 4.69) is 37.8 Å². The van der Waals surface area contributed by atoms with E-state index < -0.39 is 0 Å². The second-order valence-electron chi connectivity index (χ2n) is 3.22. The van der Waals surface area contributed by atoms with Gasteiger partial charge < -0.3 is 0 Å². The SMILES string of the molecule is C/C=C/CN(CCCl)C(CC)CC. The maximum absolute atomic E-state index is 5.77. The van der Waals surface area contributed by atoms with Gasteiger partial charge in [-0.25, -0.2) is 0 Å². The van der Waals surface area contributed by atoms with Crippen molar-refractivity contribution in [2.24, 2.45) is 0 Å². The molecule has 0 unspecified atom stereocenters. The predicted molar refractivity (Wildman–Crippen MR) is 61.5 cm³/mol. The van der Waals surface area contributed by atoms with Crippen LogP contribution in [0.1, 0.15) is 33.6 Å². The molecule has 0 aliphatic rings. The molecule has 0 heterocycles. The molecule has 0 aromatic carbocycles. The van der Waals surface area contributed by atoms with Crippen molar-refractivity contribution < 1.29 is 0 Å². The van der Waals surface area contributed by atoms with Crippen molar-refractivity contribution in [1.82, 2.24) is 4.90 Å². The van der Waals surface area contributed by atoms with E-state index in [1.807, 2.05) is 0 Å². The lowest BCUT2D eigenvalue weighted by Gasteiger charge is -2.28. The molecule has 78 valence electrons. The van der Waals surface area contributed by atoms with E-state index >= 15 is 0 Å². The largest absolute Gasteiger partial charge is 0.296 e. The van der Waals surface area contributed by atoms with Crippen LogP contribution in [0.4, 0.5) is 0 Å². The van der Waals surface area contributed by atoms with E-state index in [1.165, 1.54) is 12.8 Å². The van der Waals surface area contributed by atoms with E-state index in [4.69, 9.17) is 11.6 Å². The predicted octanol–water partition coefficient (Wildman–Crippen LogP) is 3.29. The molecule has 0 aromatic rings. The molecule has 0 aliphatic carbocycles. The highest BCUT2D eigenvalue weighted by Crippen LogP contribution is 2.08. The summed E-state index contributed by atoms with van der Waals surface area (Å²) in [5.74, 6) is 0.730. The molecule has 0 spiro atoms. The van der Waals surface area contributed by atoms with Gasteiger partial charge in [0.15, 0.2) is 0 Å². The monoisotopic (exact) mass is 203 g/mol. The fraction of sp³-hybridized carbons (Fsp3) is 0.818. The van der Waals surface area contributed by atoms with Crippen LogP contribution in [0.2, 0.25) is 0 Å². The summed E-state index contributed by atoms with van der Waals surface area (Å²) in [5, 5.41) is 0. The molecule has 13 heavy (non-hydrogen) atoms. The summed E-state index contributed by atoms with van der Waals surface area (Å²) in [7, 11) is 0. The molecule has 0 aliphatic heterocycles. The zero-order valence-corrected chi connectivity index (χ0v) is 9.85. The molecule has 0 rings (SSSR count). The van der Waals surface area contributed by atoms with Gasteiger partial charge in [0.05, 0.1) is 0 Å². The average Bonchev–Trinajstić information content (AvgIpc) is 2.16. The minimum absolute atomic E-state index is 0.690. The summed E-state index contributed by atoms with van der Waals surface area (Å²) in [6.07, 6.45) is 6.73. The Hall–Kier alpha value is -0.0100. The number of halogens is 1. The third kappa shape index (κ3) is 5.33. The highest BCUT2D eigenvalue weighted by molar-refractivity contribution is 6.18. The van der Waals surface area contributed by atoms with Crippen molar-refractivity contribution in [3.63, 3.8) is 0 Å². The van der Waals surface area contributed by atoms with E-state index in [9.17, 15) is 0 Å². The van der Waals surface area contributed by atoms with Gasteiger partial charge in [-0.1, -0.05) is 26.0 Å². The summed E-state index contributed by atoms with van der Waals surface area (Å²) in [4.78, 5) is 2.45. The standard InChI is InChI=1S/C11H22ClN/c1-4-7-9-13(10-8-12)11(5-2)6-3/h4,7,11H,5-6,8-10H2,1-3H3/b7-4+. The quantitative estimate of drug-likeness (QED) is 0.454. The molecule has 0 aromatic heterocycles. The van der Waals surface area contributed by atoms with Crippen molar-refractivity contribution >= 4 is 11.6 Å². The van der Waals surface area contributed by atoms with Crippen LogP contribution in [0.3, 0.4) is 0 Å². The van der Waals surface area contributed by atoms with Crippen LogP contribution < -0.4 is 0 Å². The smallest absolute Gasteiger partial charge is 0.0351 e. The van der Waals surface area contributed by atoms with Gasteiger partial charge in [-0.3, -0.25) is 4.90 Å². The van der Waals surface area contributed by atoms with Crippen LogP contribution in [-0.4, -0.2) is 29.9 Å². The fourth-order valence-electron chi connectivity index (χ4n) is 1.58. The summed E-state index contributed by atoms with van der Waals surface area (Å²) in [5.41, 5.74) is 0. The Bertz CT molecular complexity index is 130. The molecule has 0 radical (unpaired) electrons. The molecule has 0 bridgehead atoms. The lowest BCUT2D eigenvalue weighted by Crippen LogP contribution is -2.36. The number of nitrogens with zero attached hydrogens (tertiary/aromatic N) is 1. The maximum Gasteiger partial charge on any atom is 0.0351 e. The van der Waals surface area contributed by atoms with Crippen molar-refractivity contribution in [1.29, 1.82) is 0 Å². The molecule has 1 nitrogen and oxygen atoms in total. The van der Waals surface area contributed by atoms with Crippen LogP contribution in [0.5, 0.6) is 0 Å². The van der Waals surface area contributed by atoms with Gasteiger partial charge in [0.2, 0.25) is 0 Å². The molecular formula is C11H22ClN. The lowest BCUT2D eigenvalue weighted by molar-refractivity contribution is 0.218. The fourth-order valence-corrected chi connectivity index (χ4v) is 1.79. The van der Waals surface area contributed by atoms with Gasteiger partial charge >= 0.3 is 0 Å². The second kappa shape index (κ2) is 8.58. The molecule has 2 heteroatoms. The van der Waals surface area contributed by atoms with Gasteiger partial charge in [-0.05, 0) is 19.8 Å². The number of hydrogen-bond acceptors (Lipinski definition) is 1. The number of hydrogen-bond donors (Lipinski definition) is 0. The highest BCUT2D eigenvalue weighted by Gasteiger charge is 2.12. The third-order valence-corrected chi connectivity index (χ3v) is 2.58. The molecule has 0 saturated carbocycles. The topological polar surface area (TPSA) is 3.24 Å². The number of alkyl halides is 1. The van der Waals surface area contributed by atoms with E-state index in [0.29, 0.717) is 6.04 Å². The molecule has 0 fully saturated rings. The Balaban J connectivity index is 4.03. The number of rotatable bonds is 7. The molecule has 0 N–H and O–H groups in total. The van der Waals surface area contributed by atoms with Gasteiger partial charge in [-0.15, -0.1) is 11.6 Å². The van der Waals surface area contributed by atoms with Crippen molar-refractivity contribution in [3.05, 3.63) is 12.2 Å². The lowest BCUT2D eigenvalue weighted by atomic mass is 10.1. The van der Waals surface area contributed by atoms with Crippen LogP contribution in [-0.2, 0) is 0 Å². The molecular weight excluding hydrogens is 182 g/mol. The molecule has 0 atom stereocenters. The van der Waals surface area contributed by atoms with Crippen LogP contribution in [0.15, 0.2) is 12.2 Å². The normalized spacial score (nSPS) is 12.2. The Morgan fingerprint density at radius 3 is 2.31 bits per heavy atom. The summed E-state index contributed by atoms with van der Waals surface area (Å²) >= 11 is 5.77. The van der Waals surface area contributed by atoms with Crippen molar-refractivity contribution in [2.75, 3.05) is 19.0 Å². The minimum atomic E-state index is 0.690. The maximum atomic E-state index is 5.77. The third-order valence-electron chi connectivity index (χ3n) is 2.41. The Morgan fingerprint density at radius 2 is 1.92 bits per heavy atom. The highest BCUT2D eigenvalue weighted by atomic mass is 35.5. The van der Waals surface area contributed by atoms with E-state index in [1.54, 1.807) is 0 Å². The minimum Gasteiger partial charge on any atom is -0.296 e. The molecule has 0 saturated heterocycles. The van der Waals surface area contributed by atoms with E-state index in [-0.39, 0.29) is 0 Å². The first-order chi connectivity index (χ1) is 6.29. The van der Waals surface area contributed by atoms with Gasteiger partial charge in [-0.2, -0.15) is 0 Å². The van der Waals surface area contributed by atoms with Crippen LogP contribution >= 0.6 is 11.6 Å².